The van der Waals surface area contributed by atoms with Crippen LogP contribution in [0.2, 0.25) is 15.1 Å². The lowest BCUT2D eigenvalue weighted by Gasteiger charge is -2.30. The molecule has 2 heterocycles. The molecule has 0 spiro atoms. The van der Waals surface area contributed by atoms with Crippen LogP contribution in [0.5, 0.6) is 5.88 Å². The molecule has 0 radical (unpaired) electrons. The molecule has 1 aliphatic rings. The Morgan fingerprint density at radius 2 is 1.81 bits per heavy atom. The van der Waals surface area contributed by atoms with Crippen molar-refractivity contribution in [1.29, 1.82) is 0 Å². The maximum atomic E-state index is 6.30. The topological polar surface area (TPSA) is 25.4 Å². The van der Waals surface area contributed by atoms with Crippen LogP contribution in [0.25, 0.3) is 5.57 Å². The Kier molecular flexibility index (Phi) is 6.86. The summed E-state index contributed by atoms with van der Waals surface area (Å²) in [6.07, 6.45) is 5.70. The molecule has 0 saturated heterocycles. The van der Waals surface area contributed by atoms with E-state index in [0.717, 1.165) is 29.8 Å². The average molecular weight is 472 g/mol. The Morgan fingerprint density at radius 1 is 1.00 bits per heavy atom. The monoisotopic (exact) mass is 470 g/mol. The Hall–Kier alpha value is -2.46. The first kappa shape index (κ1) is 21.8. The van der Waals surface area contributed by atoms with Crippen molar-refractivity contribution in [2.75, 3.05) is 6.54 Å². The summed E-state index contributed by atoms with van der Waals surface area (Å²) in [5, 5.41) is 1.63. The van der Waals surface area contributed by atoms with Crippen LogP contribution in [0.4, 0.5) is 0 Å². The number of ether oxygens (including phenoxy) is 1. The van der Waals surface area contributed by atoms with Crippen molar-refractivity contribution in [2.45, 2.75) is 19.6 Å². The van der Waals surface area contributed by atoms with Gasteiger partial charge in [0.05, 0.1) is 15.1 Å². The molecule has 0 saturated carbocycles. The molecule has 2 aromatic carbocycles. The van der Waals surface area contributed by atoms with Gasteiger partial charge in [0.15, 0.2) is 0 Å². The van der Waals surface area contributed by atoms with E-state index in [0.29, 0.717) is 20.9 Å². The van der Waals surface area contributed by atoms with E-state index in [4.69, 9.17) is 39.5 Å². The zero-order chi connectivity index (χ0) is 21.8. The van der Waals surface area contributed by atoms with Gasteiger partial charge in [-0.1, -0.05) is 77.3 Å². The number of rotatable bonds is 6. The number of benzene rings is 2. The molecule has 0 fully saturated rings. The zero-order valence-electron chi connectivity index (χ0n) is 16.9. The molecule has 0 amide bonds. The van der Waals surface area contributed by atoms with E-state index in [1.54, 1.807) is 18.3 Å². The van der Waals surface area contributed by atoms with Gasteiger partial charge in [-0.05, 0) is 41.8 Å². The van der Waals surface area contributed by atoms with Gasteiger partial charge >= 0.3 is 0 Å². The summed E-state index contributed by atoms with van der Waals surface area (Å²) in [7, 11) is 0. The third-order valence-corrected chi connectivity index (χ3v) is 6.02. The van der Waals surface area contributed by atoms with E-state index in [-0.39, 0.29) is 6.10 Å². The van der Waals surface area contributed by atoms with Crippen molar-refractivity contribution in [2.24, 2.45) is 0 Å². The highest BCUT2D eigenvalue weighted by Crippen LogP contribution is 2.34. The second-order valence-electron chi connectivity index (χ2n) is 7.32. The number of aromatic nitrogens is 1. The minimum absolute atomic E-state index is 0.243. The minimum Gasteiger partial charge on any atom is -0.470 e. The molecule has 1 aromatic heterocycles. The van der Waals surface area contributed by atoms with Crippen molar-refractivity contribution >= 4 is 40.4 Å². The first-order chi connectivity index (χ1) is 15.0. The third-order valence-electron chi connectivity index (χ3n) is 5.06. The Morgan fingerprint density at radius 3 is 2.52 bits per heavy atom. The molecule has 1 atom stereocenters. The maximum absolute atomic E-state index is 6.30. The average Bonchev–Trinajstić information content (AvgIpc) is 2.78. The van der Waals surface area contributed by atoms with E-state index in [9.17, 15) is 0 Å². The van der Waals surface area contributed by atoms with Crippen molar-refractivity contribution in [3.8, 4) is 5.88 Å². The van der Waals surface area contributed by atoms with E-state index in [1.165, 1.54) is 5.56 Å². The summed E-state index contributed by atoms with van der Waals surface area (Å²) in [4.78, 5) is 6.54. The van der Waals surface area contributed by atoms with Crippen molar-refractivity contribution < 1.29 is 4.74 Å². The smallest absolute Gasteiger partial charge is 0.213 e. The van der Waals surface area contributed by atoms with Gasteiger partial charge in [-0.25, -0.2) is 4.98 Å². The van der Waals surface area contributed by atoms with Crippen LogP contribution in [0.3, 0.4) is 0 Å². The first-order valence-electron chi connectivity index (χ1n) is 9.93. The van der Waals surface area contributed by atoms with Crippen LogP contribution in [-0.2, 0) is 6.54 Å². The van der Waals surface area contributed by atoms with Gasteiger partial charge in [0, 0.05) is 37.1 Å². The number of pyridine rings is 1. The standard InChI is InChI=1S/C25H21Cl3N2O/c1-17(31-25-10-8-20(26)14-29-25)22-16-30(15-18-5-3-2-4-6-18)12-11-21(22)19-7-9-23(27)24(28)13-19/h2-11,13-14,16-17H,12,15H2,1H3. The highest BCUT2D eigenvalue weighted by atomic mass is 35.5. The van der Waals surface area contributed by atoms with Crippen LogP contribution in [-0.4, -0.2) is 22.5 Å². The van der Waals surface area contributed by atoms with Gasteiger partial charge in [-0.2, -0.15) is 0 Å². The lowest BCUT2D eigenvalue weighted by molar-refractivity contribution is 0.246. The highest BCUT2D eigenvalue weighted by molar-refractivity contribution is 6.42. The summed E-state index contributed by atoms with van der Waals surface area (Å²) >= 11 is 18.4. The molecule has 158 valence electrons. The van der Waals surface area contributed by atoms with Crippen LogP contribution < -0.4 is 4.74 Å². The SMILES string of the molecule is CC(Oc1ccc(Cl)cn1)C1=CN(Cc2ccccc2)CC=C1c1ccc(Cl)c(Cl)c1. The lowest BCUT2D eigenvalue weighted by Crippen LogP contribution is -2.26. The van der Waals surface area contributed by atoms with Gasteiger partial charge in [0.2, 0.25) is 5.88 Å². The molecule has 1 unspecified atom stereocenters. The second-order valence-corrected chi connectivity index (χ2v) is 8.57. The lowest BCUT2D eigenvalue weighted by atomic mass is 9.92. The molecule has 1 aliphatic heterocycles. The largest absolute Gasteiger partial charge is 0.470 e. The zero-order valence-corrected chi connectivity index (χ0v) is 19.2. The summed E-state index contributed by atoms with van der Waals surface area (Å²) in [5.74, 6) is 0.520. The molecule has 0 bridgehead atoms. The fourth-order valence-electron chi connectivity index (χ4n) is 3.52. The predicted octanol–water partition coefficient (Wildman–Crippen LogP) is 7.29. The van der Waals surface area contributed by atoms with Gasteiger partial charge < -0.3 is 9.64 Å². The van der Waals surface area contributed by atoms with Crippen LogP contribution in [0, 0.1) is 0 Å². The summed E-state index contributed by atoms with van der Waals surface area (Å²) in [6, 6.07) is 19.6. The Balaban J connectivity index is 1.64. The fraction of sp³-hybridized carbons (Fsp3) is 0.160. The summed E-state index contributed by atoms with van der Waals surface area (Å²) in [6.45, 7) is 3.60. The van der Waals surface area contributed by atoms with E-state index in [1.807, 2.05) is 31.2 Å². The molecule has 3 aromatic rings. The van der Waals surface area contributed by atoms with Crippen molar-refractivity contribution in [1.82, 2.24) is 9.88 Å². The predicted molar refractivity (Wildman–Crippen MR) is 129 cm³/mol. The molecular formula is C25H21Cl3N2O. The number of halogens is 3. The minimum atomic E-state index is -0.243. The quantitative estimate of drug-likeness (QED) is 0.377. The summed E-state index contributed by atoms with van der Waals surface area (Å²) < 4.78 is 6.15. The van der Waals surface area contributed by atoms with E-state index >= 15 is 0 Å². The van der Waals surface area contributed by atoms with Crippen LogP contribution in [0.1, 0.15) is 18.1 Å². The van der Waals surface area contributed by atoms with Crippen molar-refractivity contribution in [3.63, 3.8) is 0 Å². The van der Waals surface area contributed by atoms with Crippen LogP contribution in [0.15, 0.2) is 84.7 Å². The number of hydrogen-bond donors (Lipinski definition) is 0. The Labute approximate surface area is 197 Å². The Bertz CT molecular complexity index is 1110. The second kappa shape index (κ2) is 9.78. The first-order valence-corrected chi connectivity index (χ1v) is 11.1. The molecular weight excluding hydrogens is 451 g/mol. The number of nitrogens with zero attached hydrogens (tertiary/aromatic N) is 2. The van der Waals surface area contributed by atoms with E-state index < -0.39 is 0 Å². The molecule has 31 heavy (non-hydrogen) atoms. The van der Waals surface area contributed by atoms with Gasteiger partial charge in [0.25, 0.3) is 0 Å². The van der Waals surface area contributed by atoms with Crippen molar-refractivity contribution in [3.05, 3.63) is 111 Å². The highest BCUT2D eigenvalue weighted by Gasteiger charge is 2.22. The number of hydrogen-bond acceptors (Lipinski definition) is 3. The molecule has 4 rings (SSSR count). The maximum Gasteiger partial charge on any atom is 0.213 e. The van der Waals surface area contributed by atoms with E-state index in [2.05, 4.69) is 46.4 Å². The molecule has 3 nitrogen and oxygen atoms in total. The summed E-state index contributed by atoms with van der Waals surface area (Å²) in [5.41, 5.74) is 4.36. The van der Waals surface area contributed by atoms with Gasteiger partial charge in [0.1, 0.15) is 6.10 Å². The molecule has 0 aliphatic carbocycles. The van der Waals surface area contributed by atoms with Gasteiger partial charge in [-0.15, -0.1) is 0 Å². The normalized spacial score (nSPS) is 14.6. The van der Waals surface area contributed by atoms with Gasteiger partial charge in [-0.3, -0.25) is 0 Å². The third kappa shape index (κ3) is 5.43. The van der Waals surface area contributed by atoms with Crippen LogP contribution >= 0.6 is 34.8 Å². The fourth-order valence-corrected chi connectivity index (χ4v) is 3.93. The molecule has 0 N–H and O–H groups in total. The molecule has 6 heteroatoms.